The summed E-state index contributed by atoms with van der Waals surface area (Å²) in [6.07, 6.45) is 2.19. The number of aromatic hydroxyl groups is 1. The van der Waals surface area contributed by atoms with E-state index in [1.807, 2.05) is 6.92 Å². The van der Waals surface area contributed by atoms with Crippen LogP contribution in [0.4, 0.5) is 0 Å². The zero-order valence-electron chi connectivity index (χ0n) is 9.84. The third-order valence-electron chi connectivity index (χ3n) is 2.16. The zero-order chi connectivity index (χ0) is 12.8. The molecule has 0 atom stereocenters. The molecule has 0 spiro atoms. The predicted octanol–water partition coefficient (Wildman–Crippen LogP) is 0.571. The SMILES string of the molecule is CCc1cc(C=NN=C(N)N)c(O)c(OC)c1. The third-order valence-corrected chi connectivity index (χ3v) is 2.16. The van der Waals surface area contributed by atoms with Gasteiger partial charge >= 0.3 is 0 Å². The first-order chi connectivity index (χ1) is 8.08. The lowest BCUT2D eigenvalue weighted by Gasteiger charge is -2.08. The fourth-order valence-electron chi connectivity index (χ4n) is 1.30. The van der Waals surface area contributed by atoms with Crippen LogP contribution < -0.4 is 16.2 Å². The van der Waals surface area contributed by atoms with Gasteiger partial charge in [0.1, 0.15) is 0 Å². The molecule has 0 aliphatic carbocycles. The maximum absolute atomic E-state index is 9.85. The number of aryl methyl sites for hydroxylation is 1. The Labute approximate surface area is 99.6 Å². The van der Waals surface area contributed by atoms with E-state index in [-0.39, 0.29) is 11.7 Å². The van der Waals surface area contributed by atoms with Crippen LogP contribution in [0, 0.1) is 0 Å². The first-order valence-corrected chi connectivity index (χ1v) is 5.10. The van der Waals surface area contributed by atoms with Crippen molar-refractivity contribution >= 4 is 12.2 Å². The Bertz CT molecular complexity index is 451. The summed E-state index contributed by atoms with van der Waals surface area (Å²) in [4.78, 5) is 0. The average Bonchev–Trinajstić information content (AvgIpc) is 2.31. The summed E-state index contributed by atoms with van der Waals surface area (Å²) in [5.74, 6) is 0.272. The lowest BCUT2D eigenvalue weighted by atomic mass is 10.1. The average molecular weight is 236 g/mol. The second-order valence-electron chi connectivity index (χ2n) is 3.36. The number of nitrogens with two attached hydrogens (primary N) is 2. The molecule has 0 aromatic heterocycles. The first-order valence-electron chi connectivity index (χ1n) is 5.10. The molecule has 6 heteroatoms. The number of benzene rings is 1. The van der Waals surface area contributed by atoms with Gasteiger partial charge in [-0.2, -0.15) is 5.10 Å². The second-order valence-corrected chi connectivity index (χ2v) is 3.36. The highest BCUT2D eigenvalue weighted by Gasteiger charge is 2.08. The minimum absolute atomic E-state index is 0.0132. The van der Waals surface area contributed by atoms with E-state index in [2.05, 4.69) is 10.2 Å². The number of ether oxygens (including phenoxy) is 1. The van der Waals surface area contributed by atoms with Crippen LogP contribution in [0.2, 0.25) is 0 Å². The monoisotopic (exact) mass is 236 g/mol. The van der Waals surface area contributed by atoms with Gasteiger partial charge in [-0.1, -0.05) is 6.92 Å². The zero-order valence-corrected chi connectivity index (χ0v) is 9.84. The highest BCUT2D eigenvalue weighted by molar-refractivity contribution is 5.86. The molecule has 0 aliphatic heterocycles. The van der Waals surface area contributed by atoms with Gasteiger partial charge in [0.05, 0.1) is 13.3 Å². The molecule has 0 amide bonds. The van der Waals surface area contributed by atoms with Crippen molar-refractivity contribution < 1.29 is 9.84 Å². The van der Waals surface area contributed by atoms with E-state index in [9.17, 15) is 5.11 Å². The Balaban J connectivity index is 3.13. The number of rotatable bonds is 4. The van der Waals surface area contributed by atoms with Gasteiger partial charge in [-0.15, -0.1) is 5.10 Å². The number of nitrogens with zero attached hydrogens (tertiary/aromatic N) is 2. The molecule has 6 nitrogen and oxygen atoms in total. The number of phenols is 1. The summed E-state index contributed by atoms with van der Waals surface area (Å²) in [5, 5.41) is 17.0. The molecular formula is C11H16N4O2. The molecule has 0 fully saturated rings. The van der Waals surface area contributed by atoms with Gasteiger partial charge < -0.3 is 21.3 Å². The van der Waals surface area contributed by atoms with E-state index < -0.39 is 0 Å². The van der Waals surface area contributed by atoms with Gasteiger partial charge in [0.2, 0.25) is 5.96 Å². The van der Waals surface area contributed by atoms with Gasteiger partial charge in [-0.05, 0) is 24.1 Å². The number of methoxy groups -OCH3 is 1. The molecule has 0 aliphatic rings. The molecular weight excluding hydrogens is 220 g/mol. The number of hydrogen-bond acceptors (Lipinski definition) is 4. The van der Waals surface area contributed by atoms with Crippen molar-refractivity contribution in [2.75, 3.05) is 7.11 Å². The van der Waals surface area contributed by atoms with Crippen LogP contribution in [0.1, 0.15) is 18.1 Å². The highest BCUT2D eigenvalue weighted by Crippen LogP contribution is 2.30. The van der Waals surface area contributed by atoms with Crippen molar-refractivity contribution in [3.63, 3.8) is 0 Å². The Morgan fingerprint density at radius 1 is 1.47 bits per heavy atom. The Morgan fingerprint density at radius 3 is 2.71 bits per heavy atom. The minimum atomic E-state index is -0.139. The molecule has 17 heavy (non-hydrogen) atoms. The van der Waals surface area contributed by atoms with Crippen molar-refractivity contribution in [1.29, 1.82) is 0 Å². The van der Waals surface area contributed by atoms with Crippen LogP contribution in [-0.4, -0.2) is 24.4 Å². The van der Waals surface area contributed by atoms with E-state index >= 15 is 0 Å². The largest absolute Gasteiger partial charge is 0.504 e. The Kier molecular flexibility index (Phi) is 4.33. The molecule has 1 aromatic rings. The van der Waals surface area contributed by atoms with Crippen molar-refractivity contribution in [3.05, 3.63) is 23.3 Å². The van der Waals surface area contributed by atoms with Gasteiger partial charge in [0, 0.05) is 5.56 Å². The molecule has 0 radical (unpaired) electrons. The standard InChI is InChI=1S/C11H16N4O2/c1-3-7-4-8(6-14-15-11(12)13)10(16)9(5-7)17-2/h4-6,16H,3H2,1-2H3,(H4,12,13,15). The third kappa shape index (κ3) is 3.37. The fourth-order valence-corrected chi connectivity index (χ4v) is 1.30. The second kappa shape index (κ2) is 5.74. The Hall–Kier alpha value is -2.24. The van der Waals surface area contributed by atoms with E-state index in [0.29, 0.717) is 11.3 Å². The fraction of sp³-hybridized carbons (Fsp3) is 0.273. The van der Waals surface area contributed by atoms with E-state index in [4.69, 9.17) is 16.2 Å². The summed E-state index contributed by atoms with van der Waals surface area (Å²) >= 11 is 0. The summed E-state index contributed by atoms with van der Waals surface area (Å²) in [7, 11) is 1.49. The molecule has 0 heterocycles. The smallest absolute Gasteiger partial charge is 0.211 e. The maximum atomic E-state index is 9.85. The van der Waals surface area contributed by atoms with Crippen LogP contribution in [0.3, 0.4) is 0 Å². The van der Waals surface area contributed by atoms with Gasteiger partial charge in [-0.3, -0.25) is 0 Å². The topological polar surface area (TPSA) is 106 Å². The molecule has 0 unspecified atom stereocenters. The van der Waals surface area contributed by atoms with Crippen LogP contribution in [0.5, 0.6) is 11.5 Å². The lowest BCUT2D eigenvalue weighted by molar-refractivity contribution is 0.372. The summed E-state index contributed by atoms with van der Waals surface area (Å²) in [6, 6.07) is 3.57. The maximum Gasteiger partial charge on any atom is 0.211 e. The van der Waals surface area contributed by atoms with Crippen molar-refractivity contribution in [2.24, 2.45) is 21.7 Å². The summed E-state index contributed by atoms with van der Waals surface area (Å²) in [6.45, 7) is 2.00. The number of hydrogen-bond donors (Lipinski definition) is 3. The van der Waals surface area contributed by atoms with Crippen molar-refractivity contribution in [3.8, 4) is 11.5 Å². The van der Waals surface area contributed by atoms with Crippen molar-refractivity contribution in [1.82, 2.24) is 0 Å². The van der Waals surface area contributed by atoms with Gasteiger partial charge in [0.25, 0.3) is 0 Å². The van der Waals surface area contributed by atoms with E-state index in [1.54, 1.807) is 12.1 Å². The molecule has 1 aromatic carbocycles. The number of phenolic OH excluding ortho intramolecular Hbond substituents is 1. The number of guanidine groups is 1. The normalized spacial score (nSPS) is 10.5. The lowest BCUT2D eigenvalue weighted by Crippen LogP contribution is -2.21. The Morgan fingerprint density at radius 2 is 2.18 bits per heavy atom. The molecule has 0 saturated carbocycles. The first kappa shape index (κ1) is 12.8. The van der Waals surface area contributed by atoms with Crippen LogP contribution in [-0.2, 0) is 6.42 Å². The molecule has 1 rings (SSSR count). The highest BCUT2D eigenvalue weighted by atomic mass is 16.5. The van der Waals surface area contributed by atoms with Crippen LogP contribution in [0.25, 0.3) is 0 Å². The van der Waals surface area contributed by atoms with Crippen LogP contribution >= 0.6 is 0 Å². The molecule has 92 valence electrons. The summed E-state index contributed by atoms with van der Waals surface area (Å²) < 4.78 is 5.06. The summed E-state index contributed by atoms with van der Waals surface area (Å²) in [5.41, 5.74) is 11.8. The molecule has 0 saturated heterocycles. The minimum Gasteiger partial charge on any atom is -0.504 e. The van der Waals surface area contributed by atoms with Gasteiger partial charge in [0.15, 0.2) is 11.5 Å². The molecule has 5 N–H and O–H groups in total. The van der Waals surface area contributed by atoms with Gasteiger partial charge in [-0.25, -0.2) is 0 Å². The predicted molar refractivity (Wildman–Crippen MR) is 67.4 cm³/mol. The van der Waals surface area contributed by atoms with Crippen LogP contribution in [0.15, 0.2) is 22.3 Å². The van der Waals surface area contributed by atoms with E-state index in [0.717, 1.165) is 12.0 Å². The molecule has 0 bridgehead atoms. The van der Waals surface area contributed by atoms with Crippen molar-refractivity contribution in [2.45, 2.75) is 13.3 Å². The van der Waals surface area contributed by atoms with E-state index in [1.165, 1.54) is 13.3 Å². The quantitative estimate of drug-likeness (QED) is 0.403.